The number of halogens is 2. The smallest absolute Gasteiger partial charge is 0.262 e. The van der Waals surface area contributed by atoms with Gasteiger partial charge in [-0.25, -0.2) is 0 Å². The van der Waals surface area contributed by atoms with Gasteiger partial charge in [0.05, 0.1) is 4.47 Å². The van der Waals surface area contributed by atoms with Crippen molar-refractivity contribution in [2.45, 2.75) is 65.2 Å². The summed E-state index contributed by atoms with van der Waals surface area (Å²) in [6.45, 7) is 6.50. The van der Waals surface area contributed by atoms with Gasteiger partial charge in [0, 0.05) is 63.6 Å². The van der Waals surface area contributed by atoms with Gasteiger partial charge in [-0.05, 0) is 91.7 Å². The van der Waals surface area contributed by atoms with E-state index >= 15 is 0 Å². The second-order valence-corrected chi connectivity index (χ2v) is 12.2. The van der Waals surface area contributed by atoms with Gasteiger partial charge in [-0.1, -0.05) is 28.1 Å². The topological polar surface area (TPSA) is 75.7 Å². The van der Waals surface area contributed by atoms with Crippen molar-refractivity contribution in [2.75, 3.05) is 18.5 Å². The van der Waals surface area contributed by atoms with E-state index in [1.165, 1.54) is 0 Å². The van der Waals surface area contributed by atoms with Gasteiger partial charge in [0.15, 0.2) is 18.2 Å². The van der Waals surface area contributed by atoms with Gasteiger partial charge >= 0.3 is 0 Å². The maximum atomic E-state index is 13.5. The van der Waals surface area contributed by atoms with Gasteiger partial charge in [0.1, 0.15) is 5.75 Å². The molecule has 0 radical (unpaired) electrons. The molecule has 0 atom stereocenters. The highest BCUT2D eigenvalue weighted by molar-refractivity contribution is 9.11. The molecule has 0 saturated heterocycles. The van der Waals surface area contributed by atoms with E-state index in [-0.39, 0.29) is 24.1 Å². The van der Waals surface area contributed by atoms with E-state index in [0.717, 1.165) is 70.5 Å². The summed E-state index contributed by atoms with van der Waals surface area (Å²) < 4.78 is 7.65. The van der Waals surface area contributed by atoms with Crippen molar-refractivity contribution < 1.29 is 19.1 Å². The Kier molecular flexibility index (Phi) is 8.15. The van der Waals surface area contributed by atoms with Crippen LogP contribution in [0.2, 0.25) is 0 Å². The summed E-state index contributed by atoms with van der Waals surface area (Å²) in [6.07, 6.45) is 4.16. The van der Waals surface area contributed by atoms with Gasteiger partial charge in [0.2, 0.25) is 0 Å². The van der Waals surface area contributed by atoms with Crippen LogP contribution in [0.15, 0.2) is 61.8 Å². The Morgan fingerprint density at radius 1 is 0.974 bits per heavy atom. The number of aryl methyl sites for hydroxylation is 2. The first-order valence-corrected chi connectivity index (χ1v) is 15.1. The molecule has 2 aliphatic carbocycles. The Bertz CT molecular complexity index is 1400. The van der Waals surface area contributed by atoms with Crippen molar-refractivity contribution >= 4 is 55.0 Å². The number of hydrogen-bond donors (Lipinski definition) is 1. The van der Waals surface area contributed by atoms with Gasteiger partial charge in [-0.2, -0.15) is 0 Å². The Morgan fingerprint density at radius 3 is 2.23 bits per heavy atom. The number of carbonyl (C=O) groups is 3. The number of hydrogen-bond acceptors (Lipinski definition) is 5. The molecule has 2 aromatic carbocycles. The molecule has 1 aliphatic heterocycles. The molecule has 0 spiro atoms. The highest BCUT2D eigenvalue weighted by Crippen LogP contribution is 2.52. The fourth-order valence-electron chi connectivity index (χ4n) is 6.05. The molecule has 1 N–H and O–H groups in total. The first-order valence-electron chi connectivity index (χ1n) is 13.5. The molecule has 0 saturated carbocycles. The second-order valence-electron chi connectivity index (χ2n) is 10.4. The number of ketones is 2. The molecule has 2 aromatic rings. The van der Waals surface area contributed by atoms with E-state index in [9.17, 15) is 14.4 Å². The molecule has 5 rings (SSSR count). The highest BCUT2D eigenvalue weighted by atomic mass is 79.9. The molecule has 0 aromatic heterocycles. The Morgan fingerprint density at radius 2 is 1.62 bits per heavy atom. The number of carbonyl (C=O) groups excluding carboxylic acids is 3. The van der Waals surface area contributed by atoms with Crippen LogP contribution in [0.4, 0.5) is 5.69 Å². The van der Waals surface area contributed by atoms with Crippen molar-refractivity contribution in [3.63, 3.8) is 0 Å². The maximum Gasteiger partial charge on any atom is 0.262 e. The maximum absolute atomic E-state index is 13.5. The number of allylic oxidation sites excluding steroid dienone is 4. The van der Waals surface area contributed by atoms with Crippen molar-refractivity contribution in [1.82, 2.24) is 4.90 Å². The molecule has 1 amide bonds. The lowest BCUT2D eigenvalue weighted by molar-refractivity contribution is -0.119. The summed E-state index contributed by atoms with van der Waals surface area (Å²) in [5.74, 6) is -0.171. The zero-order valence-electron chi connectivity index (χ0n) is 22.5. The van der Waals surface area contributed by atoms with Gasteiger partial charge < -0.3 is 15.0 Å². The zero-order chi connectivity index (χ0) is 27.8. The molecule has 3 aliphatic rings. The summed E-state index contributed by atoms with van der Waals surface area (Å²) in [5, 5.41) is 2.95. The third-order valence-corrected chi connectivity index (χ3v) is 8.81. The summed E-state index contributed by atoms with van der Waals surface area (Å²) in [4.78, 5) is 42.2. The van der Waals surface area contributed by atoms with Crippen LogP contribution in [0, 0.1) is 13.8 Å². The fourth-order valence-corrected chi connectivity index (χ4v) is 7.42. The number of benzene rings is 2. The summed E-state index contributed by atoms with van der Waals surface area (Å²) in [5.41, 5.74) is 6.94. The standard InChI is InChI=1S/C31H32Br2N2O4/c1-4-35-23-7-5-9-25(36)29(23)28(30-24(35)8-6-10-26(30)37)20-14-19(32)15-21(33)31(20)39-16-27(38)34-22-13-17(2)11-12-18(22)3/h11-15,28H,4-10,16H2,1-3H3,(H,34,38). The van der Waals surface area contributed by atoms with Crippen molar-refractivity contribution in [2.24, 2.45) is 0 Å². The molecule has 6 nitrogen and oxygen atoms in total. The number of nitrogens with zero attached hydrogens (tertiary/aromatic N) is 1. The van der Waals surface area contributed by atoms with Crippen LogP contribution in [0.1, 0.15) is 68.1 Å². The minimum atomic E-state index is -0.524. The number of rotatable bonds is 6. The van der Waals surface area contributed by atoms with Crippen molar-refractivity contribution in [3.05, 3.63) is 78.5 Å². The lowest BCUT2D eigenvalue weighted by Crippen LogP contribution is -2.39. The molecule has 0 fully saturated rings. The first kappa shape index (κ1) is 27.8. The van der Waals surface area contributed by atoms with Gasteiger partial charge in [0.25, 0.3) is 5.91 Å². The molecule has 0 unspecified atom stereocenters. The lowest BCUT2D eigenvalue weighted by Gasteiger charge is -2.43. The van der Waals surface area contributed by atoms with E-state index in [0.29, 0.717) is 34.2 Å². The monoisotopic (exact) mass is 654 g/mol. The third-order valence-electron chi connectivity index (χ3n) is 7.77. The van der Waals surface area contributed by atoms with E-state index in [1.807, 2.05) is 44.2 Å². The predicted octanol–water partition coefficient (Wildman–Crippen LogP) is 7.28. The average molecular weight is 656 g/mol. The first-order chi connectivity index (χ1) is 18.7. The molecular weight excluding hydrogens is 624 g/mol. The zero-order valence-corrected chi connectivity index (χ0v) is 25.6. The Labute approximate surface area is 246 Å². The average Bonchev–Trinajstić information content (AvgIpc) is 2.89. The normalized spacial score (nSPS) is 17.8. The van der Waals surface area contributed by atoms with E-state index in [2.05, 4.69) is 49.0 Å². The van der Waals surface area contributed by atoms with E-state index in [1.54, 1.807) is 0 Å². The quantitative estimate of drug-likeness (QED) is 0.354. The van der Waals surface area contributed by atoms with Crippen LogP contribution in [-0.4, -0.2) is 35.5 Å². The van der Waals surface area contributed by atoms with Crippen LogP contribution in [0.5, 0.6) is 5.75 Å². The minimum absolute atomic E-state index is 0.0827. The third kappa shape index (κ3) is 5.38. The van der Waals surface area contributed by atoms with Crippen molar-refractivity contribution in [1.29, 1.82) is 0 Å². The van der Waals surface area contributed by atoms with Crippen LogP contribution in [-0.2, 0) is 14.4 Å². The number of nitrogens with one attached hydrogen (secondary N) is 1. The largest absolute Gasteiger partial charge is 0.482 e. The molecule has 204 valence electrons. The van der Waals surface area contributed by atoms with Crippen LogP contribution in [0.25, 0.3) is 0 Å². The predicted molar refractivity (Wildman–Crippen MR) is 159 cm³/mol. The number of anilines is 1. The summed E-state index contributed by atoms with van der Waals surface area (Å²) >= 11 is 7.24. The fraction of sp³-hybridized carbons (Fsp3) is 0.387. The number of amides is 1. The Hall–Kier alpha value is -2.71. The molecule has 0 bridgehead atoms. The van der Waals surface area contributed by atoms with E-state index < -0.39 is 5.92 Å². The van der Waals surface area contributed by atoms with Crippen LogP contribution in [0.3, 0.4) is 0 Å². The number of Topliss-reactive ketones (excluding diaryl/α,β-unsaturated/α-hetero) is 2. The van der Waals surface area contributed by atoms with Crippen LogP contribution >= 0.6 is 31.9 Å². The highest BCUT2D eigenvalue weighted by Gasteiger charge is 2.44. The molecular formula is C31H32Br2N2O4. The Balaban J connectivity index is 1.56. The van der Waals surface area contributed by atoms with E-state index in [4.69, 9.17) is 4.74 Å². The van der Waals surface area contributed by atoms with Crippen molar-refractivity contribution in [3.8, 4) is 5.75 Å². The van der Waals surface area contributed by atoms with Gasteiger partial charge in [-0.15, -0.1) is 0 Å². The summed E-state index contributed by atoms with van der Waals surface area (Å²) in [7, 11) is 0. The molecule has 39 heavy (non-hydrogen) atoms. The summed E-state index contributed by atoms with van der Waals surface area (Å²) in [6, 6.07) is 9.69. The lowest BCUT2D eigenvalue weighted by atomic mass is 9.70. The van der Waals surface area contributed by atoms with Gasteiger partial charge in [-0.3, -0.25) is 14.4 Å². The number of ether oxygens (including phenoxy) is 1. The molecule has 1 heterocycles. The molecule has 8 heteroatoms. The minimum Gasteiger partial charge on any atom is -0.482 e. The van der Waals surface area contributed by atoms with Crippen LogP contribution < -0.4 is 10.1 Å². The second kappa shape index (κ2) is 11.4. The SMILES string of the molecule is CCN1C2=C(C(=O)CCC2)C(c2cc(Br)cc(Br)c2OCC(=O)Nc2cc(C)ccc2C)C2=C1CCCC2=O.